The van der Waals surface area contributed by atoms with Gasteiger partial charge in [-0.3, -0.25) is 4.79 Å². The van der Waals surface area contributed by atoms with Crippen LogP contribution in [0.2, 0.25) is 0 Å². The first-order chi connectivity index (χ1) is 15.1. The van der Waals surface area contributed by atoms with Gasteiger partial charge < -0.3 is 14.4 Å². The zero-order chi connectivity index (χ0) is 22.9. The van der Waals surface area contributed by atoms with Gasteiger partial charge in [0, 0.05) is 10.9 Å². The van der Waals surface area contributed by atoms with E-state index in [9.17, 15) is 26.4 Å². The van der Waals surface area contributed by atoms with Crippen LogP contribution in [0.1, 0.15) is 0 Å². The second kappa shape index (κ2) is 8.66. The molecule has 12 heteroatoms. The van der Waals surface area contributed by atoms with E-state index in [1.54, 1.807) is 35.2 Å². The third-order valence-corrected chi connectivity index (χ3v) is 7.95. The molecule has 0 aromatic heterocycles. The lowest BCUT2D eigenvalue weighted by Gasteiger charge is -2.24. The van der Waals surface area contributed by atoms with Crippen LogP contribution in [0.3, 0.4) is 0 Å². The minimum absolute atomic E-state index is 0.0676. The molecule has 0 spiro atoms. The molecule has 2 saturated heterocycles. The van der Waals surface area contributed by atoms with Crippen LogP contribution in [0.15, 0.2) is 59.6 Å². The Kier molecular flexibility index (Phi) is 6.08. The smallest absolute Gasteiger partial charge is 0.484 e. The van der Waals surface area contributed by atoms with Crippen molar-refractivity contribution >= 4 is 38.4 Å². The molecule has 0 bridgehead atoms. The van der Waals surface area contributed by atoms with E-state index in [0.29, 0.717) is 11.4 Å². The van der Waals surface area contributed by atoms with Gasteiger partial charge in [-0.25, -0.2) is 8.42 Å². The number of halogens is 3. The maximum absolute atomic E-state index is 12.4. The molecule has 2 heterocycles. The Bertz CT molecular complexity index is 1120. The number of carbonyl (C=O) groups is 1. The van der Waals surface area contributed by atoms with Crippen molar-refractivity contribution in [1.82, 2.24) is 0 Å². The molecule has 0 radical (unpaired) electrons. The van der Waals surface area contributed by atoms with Gasteiger partial charge in [-0.1, -0.05) is 30.0 Å². The summed E-state index contributed by atoms with van der Waals surface area (Å²) in [7, 11) is -3.28. The van der Waals surface area contributed by atoms with Crippen LogP contribution in [0.4, 0.5) is 18.9 Å². The Hall–Kier alpha value is -2.73. The molecule has 7 nitrogen and oxygen atoms in total. The van der Waals surface area contributed by atoms with E-state index < -0.39 is 33.9 Å². The lowest BCUT2D eigenvalue weighted by atomic mass is 10.2. The third-order valence-electron chi connectivity index (χ3n) is 4.74. The molecule has 2 aliphatic rings. The number of aliphatic imine (C=N–C) groups is 1. The summed E-state index contributed by atoms with van der Waals surface area (Å²) in [6, 6.07) is 13.2. The second-order valence-electron chi connectivity index (χ2n) is 7.10. The SMILES string of the molecule is O=C(COc1ccccc1)N=C1S[C@@H]2CS(=O)(=O)C[C@H]2N1c1ccc(OC(F)(F)F)cc1. The summed E-state index contributed by atoms with van der Waals surface area (Å²) in [5.41, 5.74) is 0.409. The van der Waals surface area contributed by atoms with E-state index in [0.717, 1.165) is 23.9 Å². The fourth-order valence-electron chi connectivity index (χ4n) is 3.48. The molecule has 2 aromatic rings. The molecular weight excluding hydrogens is 469 g/mol. The van der Waals surface area contributed by atoms with E-state index in [1.807, 2.05) is 0 Å². The summed E-state index contributed by atoms with van der Waals surface area (Å²) >= 11 is 1.16. The molecule has 0 N–H and O–H groups in total. The number of hydrogen-bond acceptors (Lipinski definition) is 6. The van der Waals surface area contributed by atoms with Gasteiger partial charge in [0.05, 0.1) is 17.5 Å². The number of fused-ring (bicyclic) bond motifs is 1. The number of amidine groups is 1. The molecule has 2 aliphatic heterocycles. The molecule has 0 saturated carbocycles. The Morgan fingerprint density at radius 1 is 1.06 bits per heavy atom. The highest BCUT2D eigenvalue weighted by Crippen LogP contribution is 2.41. The highest BCUT2D eigenvalue weighted by Gasteiger charge is 2.49. The number of carbonyl (C=O) groups excluding carboxylic acids is 1. The largest absolute Gasteiger partial charge is 0.573 e. The van der Waals surface area contributed by atoms with E-state index in [-0.39, 0.29) is 28.5 Å². The number of benzene rings is 2. The van der Waals surface area contributed by atoms with Crippen LogP contribution >= 0.6 is 11.8 Å². The lowest BCUT2D eigenvalue weighted by Crippen LogP contribution is -2.37. The number of nitrogens with zero attached hydrogens (tertiary/aromatic N) is 2. The van der Waals surface area contributed by atoms with Crippen molar-refractivity contribution < 1.29 is 35.9 Å². The molecule has 0 unspecified atom stereocenters. The first kappa shape index (κ1) is 22.5. The number of hydrogen-bond donors (Lipinski definition) is 0. The number of sulfone groups is 1. The Balaban J connectivity index is 1.56. The average molecular weight is 486 g/mol. The Labute approximate surface area is 186 Å². The maximum atomic E-state index is 12.4. The first-order valence-corrected chi connectivity index (χ1v) is 12.1. The van der Waals surface area contributed by atoms with Crippen molar-refractivity contribution in [3.8, 4) is 11.5 Å². The molecule has 0 aliphatic carbocycles. The minimum atomic E-state index is -4.83. The number of alkyl halides is 3. The Morgan fingerprint density at radius 2 is 1.75 bits per heavy atom. The normalized spacial score (nSPS) is 23.2. The van der Waals surface area contributed by atoms with Crippen LogP contribution in [0.5, 0.6) is 11.5 Å². The lowest BCUT2D eigenvalue weighted by molar-refractivity contribution is -0.274. The molecule has 170 valence electrons. The molecule has 2 fully saturated rings. The van der Waals surface area contributed by atoms with Crippen LogP contribution in [-0.4, -0.2) is 55.3 Å². The minimum Gasteiger partial charge on any atom is -0.484 e. The van der Waals surface area contributed by atoms with Gasteiger partial charge in [-0.15, -0.1) is 13.2 Å². The van der Waals surface area contributed by atoms with E-state index >= 15 is 0 Å². The number of ether oxygens (including phenoxy) is 2. The van der Waals surface area contributed by atoms with Crippen LogP contribution in [-0.2, 0) is 14.6 Å². The summed E-state index contributed by atoms with van der Waals surface area (Å²) in [4.78, 5) is 18.1. The number of anilines is 1. The van der Waals surface area contributed by atoms with E-state index in [4.69, 9.17) is 4.74 Å². The third kappa shape index (κ3) is 5.36. The van der Waals surface area contributed by atoms with Crippen LogP contribution < -0.4 is 14.4 Å². The first-order valence-electron chi connectivity index (χ1n) is 9.41. The fourth-order valence-corrected chi connectivity index (χ4v) is 7.41. The molecule has 2 aromatic carbocycles. The fraction of sp³-hybridized carbons (Fsp3) is 0.300. The van der Waals surface area contributed by atoms with Crippen LogP contribution in [0, 0.1) is 0 Å². The number of rotatable bonds is 5. The number of thioether (sulfide) groups is 1. The summed E-state index contributed by atoms with van der Waals surface area (Å²) < 4.78 is 70.8. The van der Waals surface area contributed by atoms with Crippen molar-refractivity contribution in [3.05, 3.63) is 54.6 Å². The van der Waals surface area contributed by atoms with Crippen molar-refractivity contribution in [2.75, 3.05) is 23.0 Å². The molecule has 4 rings (SSSR count). The highest BCUT2D eigenvalue weighted by atomic mass is 32.2. The van der Waals surface area contributed by atoms with Crippen molar-refractivity contribution in [1.29, 1.82) is 0 Å². The number of amides is 1. The van der Waals surface area contributed by atoms with Gasteiger partial charge in [0.1, 0.15) is 11.5 Å². The summed E-state index contributed by atoms with van der Waals surface area (Å²) in [5.74, 6) is -0.683. The molecule has 1 amide bonds. The van der Waals surface area contributed by atoms with Crippen molar-refractivity contribution in [2.24, 2.45) is 4.99 Å². The summed E-state index contributed by atoms with van der Waals surface area (Å²) in [6.07, 6.45) is -4.83. The average Bonchev–Trinajstić information content (AvgIpc) is 3.17. The molecular formula is C20H17F3N2O5S2. The quantitative estimate of drug-likeness (QED) is 0.641. The van der Waals surface area contributed by atoms with Crippen molar-refractivity contribution in [3.63, 3.8) is 0 Å². The summed E-state index contributed by atoms with van der Waals surface area (Å²) in [5, 5.41) is -0.0613. The standard InChI is InChI=1S/C20H17F3N2O5S2/c21-20(22,23)30-15-8-6-13(7-9-15)25-16-11-32(27,28)12-17(16)31-19(25)24-18(26)10-29-14-4-2-1-3-5-14/h1-9,16-17H,10-12H2/t16-,17-/m1/s1. The summed E-state index contributed by atoms with van der Waals surface area (Å²) in [6.45, 7) is -0.312. The van der Waals surface area contributed by atoms with Crippen molar-refractivity contribution in [2.45, 2.75) is 17.7 Å². The maximum Gasteiger partial charge on any atom is 0.573 e. The zero-order valence-electron chi connectivity index (χ0n) is 16.4. The predicted molar refractivity (Wildman–Crippen MR) is 114 cm³/mol. The number of para-hydroxylation sites is 1. The van der Waals surface area contributed by atoms with Crippen LogP contribution in [0.25, 0.3) is 0 Å². The Morgan fingerprint density at radius 3 is 2.41 bits per heavy atom. The predicted octanol–water partition coefficient (Wildman–Crippen LogP) is 3.27. The van der Waals surface area contributed by atoms with Gasteiger partial charge in [0.2, 0.25) is 0 Å². The van der Waals surface area contributed by atoms with Gasteiger partial charge in [-0.05, 0) is 36.4 Å². The zero-order valence-corrected chi connectivity index (χ0v) is 18.0. The monoisotopic (exact) mass is 486 g/mol. The second-order valence-corrected chi connectivity index (χ2v) is 10.5. The molecule has 32 heavy (non-hydrogen) atoms. The van der Waals surface area contributed by atoms with Gasteiger partial charge >= 0.3 is 6.36 Å². The topological polar surface area (TPSA) is 85.3 Å². The highest BCUT2D eigenvalue weighted by molar-refractivity contribution is 8.16. The van der Waals surface area contributed by atoms with E-state index in [2.05, 4.69) is 9.73 Å². The molecule has 2 atom stereocenters. The van der Waals surface area contributed by atoms with E-state index in [1.165, 1.54) is 12.1 Å². The van der Waals surface area contributed by atoms with Gasteiger partial charge in [0.15, 0.2) is 21.6 Å². The van der Waals surface area contributed by atoms with Gasteiger partial charge in [-0.2, -0.15) is 4.99 Å². The van der Waals surface area contributed by atoms with Gasteiger partial charge in [0.25, 0.3) is 5.91 Å².